The molecule has 2 N–H and O–H groups in total. The Morgan fingerprint density at radius 3 is 2.72 bits per heavy atom. The molecule has 0 aliphatic heterocycles. The van der Waals surface area contributed by atoms with Gasteiger partial charge in [0.05, 0.1) is 19.6 Å². The number of methoxy groups -OCH3 is 1. The van der Waals surface area contributed by atoms with Gasteiger partial charge in [0, 0.05) is 16.1 Å². The summed E-state index contributed by atoms with van der Waals surface area (Å²) in [5.74, 6) is -0.649. The van der Waals surface area contributed by atoms with E-state index in [-0.39, 0.29) is 17.0 Å². The molecule has 0 bridgehead atoms. The van der Waals surface area contributed by atoms with E-state index in [0.29, 0.717) is 11.8 Å². The number of hydrogen-bond donors (Lipinski definition) is 2. The summed E-state index contributed by atoms with van der Waals surface area (Å²) in [5, 5.41) is 19.7. The zero-order chi connectivity index (χ0) is 13.7. The normalized spacial score (nSPS) is 13.8. The number of esters is 1. The SMILES string of the molecule is COC(=O)CC(O)C(O)c1cc(C=O)ccc1Cl. The third-order valence-corrected chi connectivity index (χ3v) is 2.79. The maximum atomic E-state index is 11.0. The Bertz CT molecular complexity index is 446. The van der Waals surface area contributed by atoms with Gasteiger partial charge in [-0.15, -0.1) is 0 Å². The van der Waals surface area contributed by atoms with E-state index in [1.165, 1.54) is 25.3 Å². The molecule has 2 atom stereocenters. The van der Waals surface area contributed by atoms with Gasteiger partial charge in [-0.3, -0.25) is 9.59 Å². The van der Waals surface area contributed by atoms with Crippen molar-refractivity contribution in [2.45, 2.75) is 18.6 Å². The number of aliphatic hydroxyl groups is 2. The average Bonchev–Trinajstić information content (AvgIpc) is 2.38. The summed E-state index contributed by atoms with van der Waals surface area (Å²) in [5.41, 5.74) is 0.511. The lowest BCUT2D eigenvalue weighted by molar-refractivity contribution is -0.144. The monoisotopic (exact) mass is 272 g/mol. The first-order chi connectivity index (χ1) is 8.49. The molecule has 0 heterocycles. The zero-order valence-corrected chi connectivity index (χ0v) is 10.4. The average molecular weight is 273 g/mol. The van der Waals surface area contributed by atoms with E-state index in [0.717, 1.165) is 0 Å². The molecule has 0 amide bonds. The van der Waals surface area contributed by atoms with Gasteiger partial charge in [-0.2, -0.15) is 0 Å². The number of rotatable bonds is 5. The molecule has 2 unspecified atom stereocenters. The number of halogens is 1. The number of benzene rings is 1. The quantitative estimate of drug-likeness (QED) is 0.620. The standard InChI is InChI=1S/C12H13ClO5/c1-18-11(16)5-10(15)12(17)8-4-7(6-14)2-3-9(8)13/h2-4,6,10,12,15,17H,5H2,1H3. The second-order valence-corrected chi connectivity index (χ2v) is 4.10. The summed E-state index contributed by atoms with van der Waals surface area (Å²) in [6.07, 6.45) is -2.48. The van der Waals surface area contributed by atoms with Gasteiger partial charge in [0.2, 0.25) is 0 Å². The molecule has 0 aliphatic rings. The van der Waals surface area contributed by atoms with Crippen molar-refractivity contribution in [2.75, 3.05) is 7.11 Å². The van der Waals surface area contributed by atoms with Gasteiger partial charge in [-0.1, -0.05) is 17.7 Å². The predicted octanol–water partition coefficient (Wildman–Crippen LogP) is 1.11. The molecule has 0 saturated carbocycles. The first-order valence-corrected chi connectivity index (χ1v) is 5.55. The predicted molar refractivity (Wildman–Crippen MR) is 64.4 cm³/mol. The van der Waals surface area contributed by atoms with Crippen LogP contribution in [0, 0.1) is 0 Å². The zero-order valence-electron chi connectivity index (χ0n) is 9.67. The number of aldehydes is 1. The van der Waals surface area contributed by atoms with E-state index < -0.39 is 18.2 Å². The van der Waals surface area contributed by atoms with Gasteiger partial charge in [0.1, 0.15) is 12.4 Å². The molecular formula is C12H13ClO5. The lowest BCUT2D eigenvalue weighted by atomic mass is 10.0. The molecule has 0 aromatic heterocycles. The molecule has 0 fully saturated rings. The van der Waals surface area contributed by atoms with Crippen molar-refractivity contribution in [3.63, 3.8) is 0 Å². The minimum Gasteiger partial charge on any atom is -0.469 e. The van der Waals surface area contributed by atoms with Crippen molar-refractivity contribution in [1.82, 2.24) is 0 Å². The van der Waals surface area contributed by atoms with E-state index in [2.05, 4.69) is 4.74 Å². The van der Waals surface area contributed by atoms with Gasteiger partial charge in [0.15, 0.2) is 0 Å². The summed E-state index contributed by atoms with van der Waals surface area (Å²) in [7, 11) is 1.18. The first-order valence-electron chi connectivity index (χ1n) is 5.17. The van der Waals surface area contributed by atoms with Crippen LogP contribution in [0.1, 0.15) is 28.4 Å². The molecule has 5 nitrogen and oxygen atoms in total. The Balaban J connectivity index is 2.91. The van der Waals surface area contributed by atoms with Crippen LogP contribution in [0.2, 0.25) is 5.02 Å². The Kier molecular flexibility index (Phi) is 5.27. The van der Waals surface area contributed by atoms with E-state index in [9.17, 15) is 19.8 Å². The van der Waals surface area contributed by atoms with Crippen LogP contribution >= 0.6 is 11.6 Å². The second-order valence-electron chi connectivity index (χ2n) is 3.69. The van der Waals surface area contributed by atoms with E-state index in [1.54, 1.807) is 0 Å². The molecule has 18 heavy (non-hydrogen) atoms. The minimum atomic E-state index is -1.36. The maximum absolute atomic E-state index is 11.0. The molecule has 0 spiro atoms. The molecule has 0 saturated heterocycles. The molecule has 1 aromatic carbocycles. The fourth-order valence-electron chi connectivity index (χ4n) is 1.44. The van der Waals surface area contributed by atoms with Gasteiger partial charge >= 0.3 is 5.97 Å². The van der Waals surface area contributed by atoms with Crippen LogP contribution in [0.4, 0.5) is 0 Å². The van der Waals surface area contributed by atoms with Crippen LogP contribution < -0.4 is 0 Å². The van der Waals surface area contributed by atoms with Crippen LogP contribution in [0.5, 0.6) is 0 Å². The highest BCUT2D eigenvalue weighted by molar-refractivity contribution is 6.31. The minimum absolute atomic E-state index is 0.192. The van der Waals surface area contributed by atoms with Gasteiger partial charge in [0.25, 0.3) is 0 Å². The first kappa shape index (κ1) is 14.6. The van der Waals surface area contributed by atoms with Crippen molar-refractivity contribution >= 4 is 23.9 Å². The van der Waals surface area contributed by atoms with E-state index >= 15 is 0 Å². The third-order valence-electron chi connectivity index (χ3n) is 2.44. The molecule has 1 rings (SSSR count). The van der Waals surface area contributed by atoms with Crippen molar-refractivity contribution < 1.29 is 24.5 Å². The van der Waals surface area contributed by atoms with Crippen LogP contribution in [-0.2, 0) is 9.53 Å². The summed E-state index contributed by atoms with van der Waals surface area (Å²) < 4.78 is 4.38. The Morgan fingerprint density at radius 2 is 2.17 bits per heavy atom. The summed E-state index contributed by atoms with van der Waals surface area (Å²) >= 11 is 5.86. The van der Waals surface area contributed by atoms with Crippen molar-refractivity contribution in [1.29, 1.82) is 0 Å². The Morgan fingerprint density at radius 1 is 1.50 bits per heavy atom. The fourth-order valence-corrected chi connectivity index (χ4v) is 1.66. The summed E-state index contributed by atoms with van der Waals surface area (Å²) in [6, 6.07) is 4.29. The van der Waals surface area contributed by atoms with Crippen LogP contribution in [0.3, 0.4) is 0 Å². The highest BCUT2D eigenvalue weighted by Crippen LogP contribution is 2.27. The van der Waals surface area contributed by atoms with Crippen molar-refractivity contribution in [3.8, 4) is 0 Å². The summed E-state index contributed by atoms with van der Waals surface area (Å²) in [6.45, 7) is 0. The molecule has 98 valence electrons. The van der Waals surface area contributed by atoms with Gasteiger partial charge in [-0.25, -0.2) is 0 Å². The number of hydrogen-bond acceptors (Lipinski definition) is 5. The topological polar surface area (TPSA) is 83.8 Å². The van der Waals surface area contributed by atoms with Crippen molar-refractivity contribution in [3.05, 3.63) is 34.3 Å². The largest absolute Gasteiger partial charge is 0.469 e. The van der Waals surface area contributed by atoms with Crippen LogP contribution in [0.15, 0.2) is 18.2 Å². The molecular weight excluding hydrogens is 260 g/mol. The lowest BCUT2D eigenvalue weighted by Crippen LogP contribution is -2.23. The van der Waals surface area contributed by atoms with Crippen molar-refractivity contribution in [2.24, 2.45) is 0 Å². The van der Waals surface area contributed by atoms with Crippen LogP contribution in [0.25, 0.3) is 0 Å². The van der Waals surface area contributed by atoms with Crippen LogP contribution in [-0.4, -0.2) is 35.7 Å². The number of ether oxygens (including phenoxy) is 1. The number of aliphatic hydroxyl groups excluding tert-OH is 2. The molecule has 6 heteroatoms. The maximum Gasteiger partial charge on any atom is 0.308 e. The highest BCUT2D eigenvalue weighted by atomic mass is 35.5. The van der Waals surface area contributed by atoms with Gasteiger partial charge in [-0.05, 0) is 12.1 Å². The van der Waals surface area contributed by atoms with E-state index in [4.69, 9.17) is 11.6 Å². The smallest absolute Gasteiger partial charge is 0.308 e. The Hall–Kier alpha value is -1.43. The van der Waals surface area contributed by atoms with E-state index in [1.807, 2.05) is 0 Å². The molecule has 0 aliphatic carbocycles. The summed E-state index contributed by atoms with van der Waals surface area (Å²) in [4.78, 5) is 21.6. The second kappa shape index (κ2) is 6.49. The number of carbonyl (C=O) groups excluding carboxylic acids is 2. The highest BCUT2D eigenvalue weighted by Gasteiger charge is 2.23. The fraction of sp³-hybridized carbons (Fsp3) is 0.333. The van der Waals surface area contributed by atoms with Gasteiger partial charge < -0.3 is 14.9 Å². The Labute approximate surface area is 109 Å². The third kappa shape index (κ3) is 3.53. The number of carbonyl (C=O) groups is 2. The molecule has 1 aromatic rings. The molecule has 0 radical (unpaired) electrons. The lowest BCUT2D eigenvalue weighted by Gasteiger charge is -2.18.